The summed E-state index contributed by atoms with van der Waals surface area (Å²) in [6.45, 7) is 0. The highest BCUT2D eigenvalue weighted by atomic mass is 16.7. The van der Waals surface area contributed by atoms with Crippen molar-refractivity contribution in [1.82, 2.24) is 0 Å². The Labute approximate surface area is 45.4 Å². The number of carbonyl (C=O) groups is 1. The van der Waals surface area contributed by atoms with Crippen molar-refractivity contribution in [3.05, 3.63) is 0 Å². The van der Waals surface area contributed by atoms with Crippen LogP contribution in [0, 0.1) is 0 Å². The molecule has 0 radical (unpaired) electrons. The zero-order valence-electron chi connectivity index (χ0n) is 4.03. The van der Waals surface area contributed by atoms with E-state index in [4.69, 9.17) is 15.3 Å². The van der Waals surface area contributed by atoms with Gasteiger partial charge < -0.3 is 21.1 Å². The van der Waals surface area contributed by atoms with Gasteiger partial charge in [0.05, 0.1) is 0 Å². The van der Waals surface area contributed by atoms with Crippen LogP contribution in [0.25, 0.3) is 0 Å². The molecule has 0 heterocycles. The average Bonchev–Trinajstić information content (AvgIpc) is 1.21. The van der Waals surface area contributed by atoms with E-state index in [0.717, 1.165) is 0 Å². The first-order valence-electron chi connectivity index (χ1n) is 1.87. The van der Waals surface area contributed by atoms with Crippen molar-refractivity contribution in [3.63, 3.8) is 0 Å². The molecule has 8 heavy (non-hydrogen) atoms. The van der Waals surface area contributed by atoms with Crippen molar-refractivity contribution >= 4 is 5.91 Å². The van der Waals surface area contributed by atoms with Crippen LogP contribution in [-0.4, -0.2) is 27.2 Å². The SMILES string of the molecule is NC(=O)CC(O)(O)O. The normalized spacial score (nSPS) is 11.4. The molecule has 0 aliphatic heterocycles. The molecule has 1 amide bonds. The quantitative estimate of drug-likeness (QED) is 0.303. The molecule has 0 aromatic rings. The van der Waals surface area contributed by atoms with E-state index in [1.807, 2.05) is 0 Å². The van der Waals surface area contributed by atoms with Gasteiger partial charge in [0.25, 0.3) is 5.97 Å². The van der Waals surface area contributed by atoms with Gasteiger partial charge in [0.2, 0.25) is 5.91 Å². The summed E-state index contributed by atoms with van der Waals surface area (Å²) in [5, 5.41) is 24.0. The van der Waals surface area contributed by atoms with Crippen LogP contribution in [-0.2, 0) is 4.79 Å². The van der Waals surface area contributed by atoms with Gasteiger partial charge in [-0.15, -0.1) is 0 Å². The molecule has 5 nitrogen and oxygen atoms in total. The lowest BCUT2D eigenvalue weighted by Crippen LogP contribution is -2.33. The molecular weight excluding hydrogens is 114 g/mol. The minimum absolute atomic E-state index is 0.868. The Bertz CT molecular complexity index is 93.9. The van der Waals surface area contributed by atoms with Crippen molar-refractivity contribution in [2.75, 3.05) is 0 Å². The van der Waals surface area contributed by atoms with Crippen LogP contribution in [0.2, 0.25) is 0 Å². The van der Waals surface area contributed by atoms with Gasteiger partial charge in [-0.25, -0.2) is 0 Å². The maximum absolute atomic E-state index is 9.76. The maximum atomic E-state index is 9.76. The predicted molar refractivity (Wildman–Crippen MR) is 23.2 cm³/mol. The van der Waals surface area contributed by atoms with E-state index in [0.29, 0.717) is 0 Å². The van der Waals surface area contributed by atoms with Gasteiger partial charge in [0, 0.05) is 0 Å². The summed E-state index contributed by atoms with van der Waals surface area (Å²) in [4.78, 5) is 9.76. The number of rotatable bonds is 2. The van der Waals surface area contributed by atoms with Crippen LogP contribution < -0.4 is 5.73 Å². The Balaban J connectivity index is 3.55. The van der Waals surface area contributed by atoms with E-state index < -0.39 is 18.3 Å². The first kappa shape index (κ1) is 7.35. The second kappa shape index (κ2) is 2.08. The number of hydrogen-bond donors (Lipinski definition) is 4. The van der Waals surface area contributed by atoms with E-state index >= 15 is 0 Å². The lowest BCUT2D eigenvalue weighted by Gasteiger charge is -2.09. The Hall–Kier alpha value is -0.650. The first-order valence-corrected chi connectivity index (χ1v) is 1.87. The third kappa shape index (κ3) is 5.35. The van der Waals surface area contributed by atoms with Gasteiger partial charge in [0.15, 0.2) is 0 Å². The van der Waals surface area contributed by atoms with Crippen molar-refractivity contribution in [2.45, 2.75) is 12.4 Å². The summed E-state index contributed by atoms with van der Waals surface area (Å²) in [6, 6.07) is 0. The van der Waals surface area contributed by atoms with Gasteiger partial charge >= 0.3 is 0 Å². The second-order valence-corrected chi connectivity index (χ2v) is 1.42. The topological polar surface area (TPSA) is 104 Å². The summed E-state index contributed by atoms with van der Waals surface area (Å²) in [7, 11) is 0. The second-order valence-electron chi connectivity index (χ2n) is 1.42. The molecule has 0 rings (SSSR count). The zero-order valence-corrected chi connectivity index (χ0v) is 4.03. The molecule has 0 spiro atoms. The molecule has 0 aliphatic rings. The van der Waals surface area contributed by atoms with Crippen LogP contribution >= 0.6 is 0 Å². The third-order valence-electron chi connectivity index (χ3n) is 0.411. The van der Waals surface area contributed by atoms with Gasteiger partial charge in [-0.1, -0.05) is 0 Å². The van der Waals surface area contributed by atoms with Crippen molar-refractivity contribution in [1.29, 1.82) is 0 Å². The number of nitrogens with two attached hydrogens (primary N) is 1. The predicted octanol–water partition coefficient (Wildman–Crippen LogP) is -2.51. The molecule has 0 saturated heterocycles. The summed E-state index contributed by atoms with van der Waals surface area (Å²) in [5.41, 5.74) is 4.46. The number of hydrogen-bond acceptors (Lipinski definition) is 4. The van der Waals surface area contributed by atoms with Gasteiger partial charge in [0.1, 0.15) is 6.42 Å². The molecule has 0 atom stereocenters. The van der Waals surface area contributed by atoms with Gasteiger partial charge in [-0.3, -0.25) is 4.79 Å². The Morgan fingerprint density at radius 3 is 1.88 bits per heavy atom. The van der Waals surface area contributed by atoms with E-state index in [-0.39, 0.29) is 0 Å². The Morgan fingerprint density at radius 2 is 1.88 bits per heavy atom. The molecule has 0 unspecified atom stereocenters. The number of primary amides is 1. The molecule has 0 aromatic carbocycles. The lowest BCUT2D eigenvalue weighted by atomic mass is 10.4. The van der Waals surface area contributed by atoms with E-state index in [2.05, 4.69) is 5.73 Å². The molecule has 0 aliphatic carbocycles. The molecular formula is C3H7NO4. The number of aliphatic hydroxyl groups is 3. The highest BCUT2D eigenvalue weighted by Crippen LogP contribution is 1.96. The number of amides is 1. The molecule has 0 aromatic heterocycles. The summed E-state index contributed by atoms with van der Waals surface area (Å²) >= 11 is 0. The maximum Gasteiger partial charge on any atom is 0.284 e. The Kier molecular flexibility index (Phi) is 1.91. The standard InChI is InChI=1S/C3H7NO4/c4-2(5)1-3(6,7)8/h6-8H,1H2,(H2,4,5). The number of carbonyl (C=O) groups excluding carboxylic acids is 1. The summed E-state index contributed by atoms with van der Waals surface area (Å²) < 4.78 is 0. The minimum atomic E-state index is -2.95. The van der Waals surface area contributed by atoms with Gasteiger partial charge in [-0.05, 0) is 0 Å². The fraction of sp³-hybridized carbons (Fsp3) is 0.667. The summed E-state index contributed by atoms with van der Waals surface area (Å²) in [6.07, 6.45) is -0.868. The highest BCUT2D eigenvalue weighted by molar-refractivity contribution is 5.74. The molecule has 0 saturated carbocycles. The van der Waals surface area contributed by atoms with Crippen molar-refractivity contribution in [3.8, 4) is 0 Å². The average molecular weight is 121 g/mol. The van der Waals surface area contributed by atoms with Crippen molar-refractivity contribution < 1.29 is 20.1 Å². The van der Waals surface area contributed by atoms with Crippen LogP contribution in [0.1, 0.15) is 6.42 Å². The molecule has 5 heteroatoms. The van der Waals surface area contributed by atoms with Crippen LogP contribution in [0.3, 0.4) is 0 Å². The summed E-state index contributed by atoms with van der Waals surface area (Å²) in [5.74, 6) is -3.93. The molecule has 48 valence electrons. The van der Waals surface area contributed by atoms with Crippen LogP contribution in [0.4, 0.5) is 0 Å². The smallest absolute Gasteiger partial charge is 0.284 e. The monoisotopic (exact) mass is 121 g/mol. The van der Waals surface area contributed by atoms with E-state index in [1.54, 1.807) is 0 Å². The van der Waals surface area contributed by atoms with Gasteiger partial charge in [-0.2, -0.15) is 0 Å². The Morgan fingerprint density at radius 1 is 1.50 bits per heavy atom. The molecule has 5 N–H and O–H groups in total. The fourth-order valence-corrected chi connectivity index (χ4v) is 0.234. The van der Waals surface area contributed by atoms with Crippen LogP contribution in [0.15, 0.2) is 0 Å². The first-order chi connectivity index (χ1) is 3.42. The molecule has 0 bridgehead atoms. The minimum Gasteiger partial charge on any atom is -0.369 e. The highest BCUT2D eigenvalue weighted by Gasteiger charge is 2.20. The largest absolute Gasteiger partial charge is 0.369 e. The lowest BCUT2D eigenvalue weighted by molar-refractivity contribution is -0.309. The molecule has 0 fully saturated rings. The third-order valence-corrected chi connectivity index (χ3v) is 0.411. The van der Waals surface area contributed by atoms with E-state index in [9.17, 15) is 4.79 Å². The van der Waals surface area contributed by atoms with E-state index in [1.165, 1.54) is 0 Å². The van der Waals surface area contributed by atoms with Crippen LogP contribution in [0.5, 0.6) is 0 Å². The van der Waals surface area contributed by atoms with Crippen molar-refractivity contribution in [2.24, 2.45) is 5.73 Å². The zero-order chi connectivity index (χ0) is 6.78. The fourth-order valence-electron chi connectivity index (χ4n) is 0.234.